The average Bonchev–Trinajstić information content (AvgIpc) is 3.26. The Hall–Kier alpha value is -0.690. The first-order valence-electron chi connectivity index (χ1n) is 16.1. The van der Waals surface area contributed by atoms with Crippen molar-refractivity contribution in [3.05, 3.63) is 0 Å². The van der Waals surface area contributed by atoms with Crippen LogP contribution in [0.3, 0.4) is 0 Å². The molecule has 0 amide bonds. The summed E-state index contributed by atoms with van der Waals surface area (Å²) in [7, 11) is 1.49. The Morgan fingerprint density at radius 2 is 1.74 bits per heavy atom. The van der Waals surface area contributed by atoms with Gasteiger partial charge >= 0.3 is 5.97 Å². The first-order chi connectivity index (χ1) is 18.2. The molecule has 0 aromatic rings. The topological polar surface area (TPSA) is 96.6 Å². The van der Waals surface area contributed by atoms with Crippen LogP contribution in [0.1, 0.15) is 104 Å². The Labute approximate surface area is 233 Å². The molecule has 10 atom stereocenters. The van der Waals surface area contributed by atoms with Gasteiger partial charge in [-0.15, -0.1) is 0 Å². The summed E-state index contributed by atoms with van der Waals surface area (Å²) in [6.45, 7) is 11.5. The van der Waals surface area contributed by atoms with E-state index < -0.39 is 0 Å². The smallest absolute Gasteiger partial charge is 0.305 e. The number of nitrogens with two attached hydrogens (primary N) is 1. The van der Waals surface area contributed by atoms with E-state index >= 15 is 0 Å². The number of hydrogen-bond donors (Lipinski definition) is 4. The molecule has 4 aliphatic rings. The fourth-order valence-electron chi connectivity index (χ4n) is 10.1. The predicted octanol–water partition coefficient (Wildman–Crippen LogP) is 4.88. The summed E-state index contributed by atoms with van der Waals surface area (Å²) < 4.78 is 4.91. The van der Waals surface area contributed by atoms with Crippen molar-refractivity contribution in [3.63, 3.8) is 0 Å². The van der Waals surface area contributed by atoms with Crippen LogP contribution in [-0.4, -0.2) is 56.5 Å². The molecule has 4 unspecified atom stereocenters. The monoisotopic (exact) mass is 533 g/mol. The highest BCUT2D eigenvalue weighted by Gasteiger charge is 2.62. The standard InChI is InChI=1S/C32H59N3O3/c1-22(8-11-29(37)38-4)25-9-10-26-30-27(13-15-32(25,26)3)31(2)14-12-24(20-23(31)21-28(30)36)35-19-7-18-34-17-6-5-16-33/h22-28,30,34-36H,5-21,33H2,1-4H3/t22?,23-,24+,25-,26?,27?,28-,30?,31+,32-/m1/s1. The van der Waals surface area contributed by atoms with E-state index in [1.807, 2.05) is 0 Å². The maximum Gasteiger partial charge on any atom is 0.305 e. The summed E-state index contributed by atoms with van der Waals surface area (Å²) in [6, 6.07) is 0.606. The average molecular weight is 534 g/mol. The number of esters is 1. The Morgan fingerprint density at radius 1 is 1.00 bits per heavy atom. The molecule has 0 aromatic heterocycles. The van der Waals surface area contributed by atoms with Crippen LogP contribution in [0, 0.1) is 46.3 Å². The molecule has 220 valence electrons. The lowest BCUT2D eigenvalue weighted by molar-refractivity contribution is -0.167. The second kappa shape index (κ2) is 13.3. The lowest BCUT2D eigenvalue weighted by Gasteiger charge is -2.62. The molecule has 0 aromatic carbocycles. The fraction of sp³-hybridized carbons (Fsp3) is 0.969. The van der Waals surface area contributed by atoms with E-state index in [0.29, 0.717) is 58.8 Å². The Kier molecular flexibility index (Phi) is 10.6. The van der Waals surface area contributed by atoms with E-state index in [1.165, 1.54) is 64.9 Å². The summed E-state index contributed by atoms with van der Waals surface area (Å²) in [5.41, 5.74) is 6.26. The summed E-state index contributed by atoms with van der Waals surface area (Å²) in [5.74, 6) is 3.51. The molecule has 0 spiro atoms. The van der Waals surface area contributed by atoms with Gasteiger partial charge in [0.05, 0.1) is 13.2 Å². The normalized spacial score (nSPS) is 41.2. The van der Waals surface area contributed by atoms with Crippen molar-refractivity contribution >= 4 is 5.97 Å². The highest BCUT2D eigenvalue weighted by atomic mass is 16.5. The molecule has 4 rings (SSSR count). The van der Waals surface area contributed by atoms with Crippen LogP contribution in [0.15, 0.2) is 0 Å². The molecule has 0 radical (unpaired) electrons. The second-order valence-corrected chi connectivity index (χ2v) is 14.1. The molecule has 0 bridgehead atoms. The van der Waals surface area contributed by atoms with Crippen molar-refractivity contribution in [3.8, 4) is 0 Å². The van der Waals surface area contributed by atoms with Gasteiger partial charge in [-0.05, 0) is 150 Å². The number of nitrogens with one attached hydrogen (secondary N) is 2. The summed E-state index contributed by atoms with van der Waals surface area (Å²) in [5, 5.41) is 19.1. The van der Waals surface area contributed by atoms with Gasteiger partial charge in [-0.2, -0.15) is 0 Å². The molecule has 4 saturated carbocycles. The van der Waals surface area contributed by atoms with Crippen molar-refractivity contribution in [1.82, 2.24) is 10.6 Å². The molecule has 4 aliphatic carbocycles. The lowest BCUT2D eigenvalue weighted by atomic mass is 9.43. The molecule has 6 nitrogen and oxygen atoms in total. The van der Waals surface area contributed by atoms with Gasteiger partial charge in [-0.25, -0.2) is 0 Å². The maximum absolute atomic E-state index is 11.8. The molecule has 5 N–H and O–H groups in total. The first kappa shape index (κ1) is 30.3. The second-order valence-electron chi connectivity index (χ2n) is 14.1. The van der Waals surface area contributed by atoms with Crippen LogP contribution in [0.25, 0.3) is 0 Å². The Bertz CT molecular complexity index is 764. The number of carbonyl (C=O) groups is 1. The van der Waals surface area contributed by atoms with Gasteiger partial charge in [0, 0.05) is 12.5 Å². The molecular formula is C32H59N3O3. The number of hydrogen-bond acceptors (Lipinski definition) is 6. The van der Waals surface area contributed by atoms with Crippen molar-refractivity contribution in [2.24, 2.45) is 52.1 Å². The van der Waals surface area contributed by atoms with Gasteiger partial charge in [-0.1, -0.05) is 20.8 Å². The number of carbonyl (C=O) groups excluding carboxylic acids is 1. The molecule has 38 heavy (non-hydrogen) atoms. The molecule has 4 fully saturated rings. The van der Waals surface area contributed by atoms with Crippen molar-refractivity contribution in [1.29, 1.82) is 0 Å². The predicted molar refractivity (Wildman–Crippen MR) is 155 cm³/mol. The molecule has 0 heterocycles. The summed E-state index contributed by atoms with van der Waals surface area (Å²) in [4.78, 5) is 11.8. The minimum absolute atomic E-state index is 0.0815. The fourth-order valence-corrected chi connectivity index (χ4v) is 10.1. The zero-order chi connectivity index (χ0) is 27.3. The molecule has 0 saturated heterocycles. The van der Waals surface area contributed by atoms with E-state index in [2.05, 4.69) is 31.4 Å². The summed E-state index contributed by atoms with van der Waals surface area (Å²) >= 11 is 0. The number of fused-ring (bicyclic) bond motifs is 5. The Balaban J connectivity index is 1.31. The van der Waals surface area contributed by atoms with Crippen LogP contribution in [-0.2, 0) is 9.53 Å². The van der Waals surface area contributed by atoms with Crippen LogP contribution >= 0.6 is 0 Å². The van der Waals surface area contributed by atoms with Gasteiger partial charge in [0.15, 0.2) is 0 Å². The third kappa shape index (κ3) is 6.29. The van der Waals surface area contributed by atoms with Crippen molar-refractivity contribution in [2.75, 3.05) is 33.3 Å². The van der Waals surface area contributed by atoms with Gasteiger partial charge < -0.3 is 26.2 Å². The van der Waals surface area contributed by atoms with Crippen molar-refractivity contribution in [2.45, 2.75) is 116 Å². The van der Waals surface area contributed by atoms with E-state index in [1.54, 1.807) is 0 Å². The van der Waals surface area contributed by atoms with Gasteiger partial charge in [0.2, 0.25) is 0 Å². The Morgan fingerprint density at radius 3 is 2.50 bits per heavy atom. The summed E-state index contributed by atoms with van der Waals surface area (Å²) in [6.07, 6.45) is 14.7. The SMILES string of the molecule is COC(=O)CCC(C)[C@H]1CCC2C3C(CC[C@@]21C)[C@@]1(C)CC[C@H](NCCCNCCCCN)C[C@@H]1C[C@H]3O. The highest BCUT2D eigenvalue weighted by Crippen LogP contribution is 2.68. The highest BCUT2D eigenvalue weighted by molar-refractivity contribution is 5.69. The van der Waals surface area contributed by atoms with E-state index in [9.17, 15) is 9.90 Å². The molecule has 0 aliphatic heterocycles. The van der Waals surface area contributed by atoms with E-state index in [4.69, 9.17) is 10.5 Å². The number of rotatable bonds is 13. The third-order valence-electron chi connectivity index (χ3n) is 12.2. The van der Waals surface area contributed by atoms with Crippen LogP contribution in [0.4, 0.5) is 0 Å². The van der Waals surface area contributed by atoms with Crippen LogP contribution < -0.4 is 16.4 Å². The first-order valence-corrected chi connectivity index (χ1v) is 16.1. The van der Waals surface area contributed by atoms with Gasteiger partial charge in [0.25, 0.3) is 0 Å². The van der Waals surface area contributed by atoms with E-state index in [0.717, 1.165) is 45.4 Å². The lowest BCUT2D eigenvalue weighted by Crippen LogP contribution is -2.59. The number of unbranched alkanes of at least 4 members (excludes halogenated alkanes) is 1. The number of aliphatic hydroxyl groups is 1. The number of ether oxygens (including phenoxy) is 1. The number of methoxy groups -OCH3 is 1. The van der Waals surface area contributed by atoms with Crippen LogP contribution in [0.5, 0.6) is 0 Å². The zero-order valence-corrected chi connectivity index (χ0v) is 25.0. The van der Waals surface area contributed by atoms with Gasteiger partial charge in [-0.3, -0.25) is 4.79 Å². The van der Waals surface area contributed by atoms with Crippen molar-refractivity contribution < 1.29 is 14.6 Å². The van der Waals surface area contributed by atoms with Gasteiger partial charge in [0.1, 0.15) is 0 Å². The molecular weight excluding hydrogens is 474 g/mol. The number of aliphatic hydroxyl groups excluding tert-OH is 1. The maximum atomic E-state index is 11.8. The largest absolute Gasteiger partial charge is 0.469 e. The van der Waals surface area contributed by atoms with E-state index in [-0.39, 0.29) is 12.1 Å². The quantitative estimate of drug-likeness (QED) is 0.199. The third-order valence-corrected chi connectivity index (χ3v) is 12.2. The minimum Gasteiger partial charge on any atom is -0.469 e. The van der Waals surface area contributed by atoms with Crippen LogP contribution in [0.2, 0.25) is 0 Å². The zero-order valence-electron chi connectivity index (χ0n) is 25.0. The minimum atomic E-state index is -0.150. The molecule has 6 heteroatoms.